The SMILES string of the molecule is CC(C)(C)c1ccc(C(=O)Nc2c(C(=O)Nc3cccc(OCc4ccccc4)c3)cccc2[N+](=O)[O-])cc1. The Labute approximate surface area is 226 Å². The molecule has 0 aliphatic carbocycles. The highest BCUT2D eigenvalue weighted by atomic mass is 16.6. The number of amides is 2. The predicted octanol–water partition coefficient (Wildman–Crippen LogP) is 6.98. The Bertz CT molecular complexity index is 1490. The molecule has 8 nitrogen and oxygen atoms in total. The zero-order valence-corrected chi connectivity index (χ0v) is 21.9. The van der Waals surface area contributed by atoms with Crippen molar-refractivity contribution < 1.29 is 19.2 Å². The molecule has 8 heteroatoms. The monoisotopic (exact) mass is 523 g/mol. The van der Waals surface area contributed by atoms with Crippen molar-refractivity contribution in [3.8, 4) is 5.75 Å². The Morgan fingerprint density at radius 2 is 1.51 bits per heavy atom. The molecule has 198 valence electrons. The van der Waals surface area contributed by atoms with E-state index in [4.69, 9.17) is 4.74 Å². The summed E-state index contributed by atoms with van der Waals surface area (Å²) < 4.78 is 5.83. The minimum atomic E-state index is -0.632. The number of nitrogens with one attached hydrogen (secondary N) is 2. The largest absolute Gasteiger partial charge is 0.489 e. The fourth-order valence-corrected chi connectivity index (χ4v) is 3.92. The first-order chi connectivity index (χ1) is 18.6. The van der Waals surface area contributed by atoms with Crippen molar-refractivity contribution in [2.24, 2.45) is 0 Å². The molecule has 4 rings (SSSR count). The number of hydrogen-bond donors (Lipinski definition) is 2. The van der Waals surface area contributed by atoms with Crippen LogP contribution in [0.5, 0.6) is 5.75 Å². The lowest BCUT2D eigenvalue weighted by Crippen LogP contribution is -2.20. The van der Waals surface area contributed by atoms with Gasteiger partial charge in [0.1, 0.15) is 18.0 Å². The fourth-order valence-electron chi connectivity index (χ4n) is 3.92. The number of anilines is 2. The van der Waals surface area contributed by atoms with Gasteiger partial charge in [-0.1, -0.05) is 75.4 Å². The standard InChI is InChI=1S/C31H29N3O5/c1-31(2,3)23-17-15-22(16-18-23)29(35)33-28-26(13-8-14-27(28)34(37)38)30(36)32-24-11-7-12-25(19-24)39-20-21-9-5-4-6-10-21/h4-19H,20H2,1-3H3,(H,32,36)(H,33,35). The molecule has 0 unspecified atom stereocenters. The molecule has 0 saturated heterocycles. The Kier molecular flexibility index (Phi) is 8.05. The molecule has 4 aromatic rings. The molecule has 0 saturated carbocycles. The molecule has 0 aliphatic heterocycles. The molecule has 0 fully saturated rings. The van der Waals surface area contributed by atoms with Gasteiger partial charge in [-0.15, -0.1) is 0 Å². The number of benzene rings is 4. The van der Waals surface area contributed by atoms with E-state index in [0.717, 1.165) is 11.1 Å². The molecule has 39 heavy (non-hydrogen) atoms. The number of carbonyl (C=O) groups excluding carboxylic acids is 2. The van der Waals surface area contributed by atoms with Crippen LogP contribution in [0.25, 0.3) is 0 Å². The first kappa shape index (κ1) is 27.1. The normalized spacial score (nSPS) is 10.9. The number of carbonyl (C=O) groups is 2. The quantitative estimate of drug-likeness (QED) is 0.191. The van der Waals surface area contributed by atoms with Crippen molar-refractivity contribution in [3.05, 3.63) is 129 Å². The number of nitro groups is 1. The van der Waals surface area contributed by atoms with Crippen molar-refractivity contribution in [2.45, 2.75) is 32.8 Å². The number of hydrogen-bond acceptors (Lipinski definition) is 5. The summed E-state index contributed by atoms with van der Waals surface area (Å²) in [6.45, 7) is 6.54. The third-order valence-electron chi connectivity index (χ3n) is 6.08. The van der Waals surface area contributed by atoms with Crippen LogP contribution >= 0.6 is 0 Å². The minimum absolute atomic E-state index is 0.0422. The molecule has 0 radical (unpaired) electrons. The van der Waals surface area contributed by atoms with Crippen molar-refractivity contribution in [3.63, 3.8) is 0 Å². The summed E-state index contributed by atoms with van der Waals surface area (Å²) in [6, 6.07) is 27.6. The number of para-hydroxylation sites is 1. The van der Waals surface area contributed by atoms with Gasteiger partial charge in [-0.2, -0.15) is 0 Å². The lowest BCUT2D eigenvalue weighted by Gasteiger charge is -2.19. The predicted molar refractivity (Wildman–Crippen MR) is 151 cm³/mol. The molecular weight excluding hydrogens is 494 g/mol. The summed E-state index contributed by atoms with van der Waals surface area (Å²) in [4.78, 5) is 37.4. The van der Waals surface area contributed by atoms with Gasteiger partial charge in [0, 0.05) is 23.4 Å². The summed E-state index contributed by atoms with van der Waals surface area (Å²) in [7, 11) is 0. The van der Waals surface area contributed by atoms with Gasteiger partial charge in [-0.05, 0) is 46.9 Å². The number of nitrogens with zero attached hydrogens (tertiary/aromatic N) is 1. The van der Waals surface area contributed by atoms with Gasteiger partial charge >= 0.3 is 0 Å². The Balaban J connectivity index is 1.54. The second kappa shape index (κ2) is 11.6. The van der Waals surface area contributed by atoms with Gasteiger partial charge in [0.05, 0.1) is 10.5 Å². The fraction of sp³-hybridized carbons (Fsp3) is 0.161. The molecule has 0 spiro atoms. The molecule has 0 heterocycles. The average molecular weight is 524 g/mol. The zero-order chi connectivity index (χ0) is 28.0. The van der Waals surface area contributed by atoms with E-state index >= 15 is 0 Å². The lowest BCUT2D eigenvalue weighted by molar-refractivity contribution is -0.383. The van der Waals surface area contributed by atoms with Gasteiger partial charge in [0.25, 0.3) is 17.5 Å². The van der Waals surface area contributed by atoms with Crippen LogP contribution in [0.3, 0.4) is 0 Å². The number of ether oxygens (including phenoxy) is 1. The van der Waals surface area contributed by atoms with Crippen LogP contribution in [0, 0.1) is 10.1 Å². The van der Waals surface area contributed by atoms with Crippen molar-refractivity contribution in [2.75, 3.05) is 10.6 Å². The minimum Gasteiger partial charge on any atom is -0.489 e. The molecule has 0 aliphatic rings. The summed E-state index contributed by atoms with van der Waals surface area (Å²) in [5, 5.41) is 17.1. The van der Waals surface area contributed by atoms with Crippen LogP contribution < -0.4 is 15.4 Å². The number of rotatable bonds is 8. The van der Waals surface area contributed by atoms with E-state index in [1.54, 1.807) is 36.4 Å². The summed E-state index contributed by atoms with van der Waals surface area (Å²) in [5.41, 5.74) is 2.09. The maximum atomic E-state index is 13.2. The molecule has 2 N–H and O–H groups in total. The summed E-state index contributed by atoms with van der Waals surface area (Å²) >= 11 is 0. The van der Waals surface area contributed by atoms with Crippen molar-refractivity contribution in [1.29, 1.82) is 0 Å². The van der Waals surface area contributed by atoms with Crippen LogP contribution in [-0.2, 0) is 12.0 Å². The second-order valence-electron chi connectivity index (χ2n) is 9.99. The van der Waals surface area contributed by atoms with Gasteiger partial charge in [-0.25, -0.2) is 0 Å². The molecule has 0 atom stereocenters. The van der Waals surface area contributed by atoms with Crippen LogP contribution in [0.4, 0.5) is 17.1 Å². The van der Waals surface area contributed by atoms with Crippen LogP contribution in [0.15, 0.2) is 97.1 Å². The van der Waals surface area contributed by atoms with E-state index in [9.17, 15) is 19.7 Å². The van der Waals surface area contributed by atoms with E-state index in [0.29, 0.717) is 23.6 Å². The van der Waals surface area contributed by atoms with Crippen LogP contribution in [-0.4, -0.2) is 16.7 Å². The molecular formula is C31H29N3O5. The van der Waals surface area contributed by atoms with E-state index in [1.165, 1.54) is 18.2 Å². The summed E-state index contributed by atoms with van der Waals surface area (Å²) in [6.07, 6.45) is 0. The van der Waals surface area contributed by atoms with Gasteiger partial charge in [-0.3, -0.25) is 19.7 Å². The Morgan fingerprint density at radius 1 is 0.821 bits per heavy atom. The highest BCUT2D eigenvalue weighted by molar-refractivity contribution is 6.14. The maximum absolute atomic E-state index is 13.2. The first-order valence-corrected chi connectivity index (χ1v) is 12.4. The van der Waals surface area contributed by atoms with Crippen molar-refractivity contribution >= 4 is 28.9 Å². The molecule has 0 bridgehead atoms. The molecule has 0 aromatic heterocycles. The van der Waals surface area contributed by atoms with E-state index < -0.39 is 16.7 Å². The lowest BCUT2D eigenvalue weighted by atomic mass is 9.86. The van der Waals surface area contributed by atoms with Gasteiger partial charge < -0.3 is 15.4 Å². The van der Waals surface area contributed by atoms with Crippen molar-refractivity contribution in [1.82, 2.24) is 0 Å². The summed E-state index contributed by atoms with van der Waals surface area (Å²) in [5.74, 6) is -0.629. The zero-order valence-electron chi connectivity index (χ0n) is 21.9. The Morgan fingerprint density at radius 3 is 2.18 bits per heavy atom. The van der Waals surface area contributed by atoms with Crippen LogP contribution in [0.1, 0.15) is 52.6 Å². The van der Waals surface area contributed by atoms with E-state index in [2.05, 4.69) is 31.4 Å². The van der Waals surface area contributed by atoms with Gasteiger partial charge in [0.2, 0.25) is 0 Å². The first-order valence-electron chi connectivity index (χ1n) is 12.4. The highest BCUT2D eigenvalue weighted by Crippen LogP contribution is 2.30. The molecule has 2 amide bonds. The van der Waals surface area contributed by atoms with E-state index in [1.807, 2.05) is 42.5 Å². The maximum Gasteiger partial charge on any atom is 0.293 e. The third-order valence-corrected chi connectivity index (χ3v) is 6.08. The number of nitro benzene ring substituents is 1. The smallest absolute Gasteiger partial charge is 0.293 e. The third kappa shape index (κ3) is 6.87. The molecule has 4 aromatic carbocycles. The van der Waals surface area contributed by atoms with Gasteiger partial charge in [0.15, 0.2) is 0 Å². The Hall–Kier alpha value is -4.98. The average Bonchev–Trinajstić information content (AvgIpc) is 2.92. The highest BCUT2D eigenvalue weighted by Gasteiger charge is 2.24. The van der Waals surface area contributed by atoms with Crippen LogP contribution in [0.2, 0.25) is 0 Å². The topological polar surface area (TPSA) is 111 Å². The van der Waals surface area contributed by atoms with E-state index in [-0.39, 0.29) is 22.4 Å². The second-order valence-corrected chi connectivity index (χ2v) is 9.99.